The summed E-state index contributed by atoms with van der Waals surface area (Å²) in [7, 11) is 2.80. The van der Waals surface area contributed by atoms with Crippen LogP contribution in [0.15, 0.2) is 30.3 Å². The van der Waals surface area contributed by atoms with Crippen molar-refractivity contribution in [3.05, 3.63) is 35.9 Å². The number of hydroxylamine groups is 2. The molecule has 0 spiro atoms. The molecule has 0 radical (unpaired) electrons. The molecule has 3 amide bonds. The second kappa shape index (κ2) is 9.60. The van der Waals surface area contributed by atoms with Gasteiger partial charge in [0.05, 0.1) is 13.7 Å². The molecule has 1 atom stereocenters. The van der Waals surface area contributed by atoms with Gasteiger partial charge >= 0.3 is 12.2 Å². The van der Waals surface area contributed by atoms with Gasteiger partial charge in [-0.1, -0.05) is 30.3 Å². The van der Waals surface area contributed by atoms with E-state index in [4.69, 9.17) is 14.3 Å². The summed E-state index contributed by atoms with van der Waals surface area (Å²) >= 11 is 0. The van der Waals surface area contributed by atoms with Crippen LogP contribution < -0.4 is 0 Å². The van der Waals surface area contributed by atoms with Crippen LogP contribution in [-0.2, 0) is 25.7 Å². The Labute approximate surface area is 171 Å². The van der Waals surface area contributed by atoms with Gasteiger partial charge in [-0.15, -0.1) is 0 Å². The fourth-order valence-corrected chi connectivity index (χ4v) is 2.81. The van der Waals surface area contributed by atoms with Crippen molar-refractivity contribution in [3.8, 4) is 0 Å². The fraction of sp³-hybridized carbons (Fsp3) is 0.550. The number of hydrogen-bond acceptors (Lipinski definition) is 6. The number of likely N-dealkylation sites (N-methyl/N-ethyl adjacent to an activating group) is 1. The second-order valence-corrected chi connectivity index (χ2v) is 7.69. The van der Waals surface area contributed by atoms with Gasteiger partial charge in [-0.3, -0.25) is 14.5 Å². The zero-order valence-corrected chi connectivity index (χ0v) is 17.6. The third kappa shape index (κ3) is 6.35. The molecular formula is C20H29N3O6. The number of carbonyl (C=O) groups excluding carboxylic acids is 3. The second-order valence-electron chi connectivity index (χ2n) is 7.69. The van der Waals surface area contributed by atoms with Gasteiger partial charge in [0.1, 0.15) is 18.2 Å². The molecule has 1 fully saturated rings. The van der Waals surface area contributed by atoms with E-state index in [2.05, 4.69) is 0 Å². The molecule has 1 aromatic rings. The summed E-state index contributed by atoms with van der Waals surface area (Å²) in [4.78, 5) is 45.5. The smallest absolute Gasteiger partial charge is 0.410 e. The number of amides is 3. The Morgan fingerprint density at radius 3 is 2.34 bits per heavy atom. The van der Waals surface area contributed by atoms with Crippen molar-refractivity contribution in [2.24, 2.45) is 0 Å². The highest BCUT2D eigenvalue weighted by Crippen LogP contribution is 2.18. The first kappa shape index (κ1) is 22.5. The molecule has 9 nitrogen and oxygen atoms in total. The van der Waals surface area contributed by atoms with Gasteiger partial charge in [0.25, 0.3) is 5.91 Å². The van der Waals surface area contributed by atoms with E-state index in [1.54, 1.807) is 20.8 Å². The Morgan fingerprint density at radius 1 is 1.10 bits per heavy atom. The van der Waals surface area contributed by atoms with Crippen LogP contribution in [0.1, 0.15) is 26.3 Å². The van der Waals surface area contributed by atoms with Crippen LogP contribution in [0, 0.1) is 0 Å². The number of carbonyl (C=O) groups is 3. The van der Waals surface area contributed by atoms with Gasteiger partial charge in [-0.05, 0) is 26.3 Å². The summed E-state index contributed by atoms with van der Waals surface area (Å²) in [5.41, 5.74) is 0.177. The first-order valence-corrected chi connectivity index (χ1v) is 9.39. The van der Waals surface area contributed by atoms with E-state index in [1.165, 1.54) is 24.0 Å². The lowest BCUT2D eigenvalue weighted by atomic mass is 10.1. The van der Waals surface area contributed by atoms with Gasteiger partial charge < -0.3 is 14.4 Å². The lowest BCUT2D eigenvalue weighted by Gasteiger charge is -2.40. The van der Waals surface area contributed by atoms with Crippen molar-refractivity contribution in [1.82, 2.24) is 14.9 Å². The summed E-state index contributed by atoms with van der Waals surface area (Å²) < 4.78 is 10.8. The molecule has 0 bridgehead atoms. The lowest BCUT2D eigenvalue weighted by molar-refractivity contribution is -0.175. The quantitative estimate of drug-likeness (QED) is 0.712. The topological polar surface area (TPSA) is 88.6 Å². The summed E-state index contributed by atoms with van der Waals surface area (Å²) in [5, 5.41) is 1.03. The van der Waals surface area contributed by atoms with Gasteiger partial charge in [0.2, 0.25) is 0 Å². The van der Waals surface area contributed by atoms with Crippen LogP contribution in [0.2, 0.25) is 0 Å². The highest BCUT2D eigenvalue weighted by atomic mass is 16.7. The fourth-order valence-electron chi connectivity index (χ4n) is 2.81. The standard InChI is InChI=1S/C20H29N3O6/c1-20(2,3)29-18(25)22-11-12-23(16(13-22)17(24)21(4)27-5)19(26)28-14-15-9-7-6-8-10-15/h6-10,16H,11-14H2,1-5H3/t16-/m1/s1. The summed E-state index contributed by atoms with van der Waals surface area (Å²) in [6.45, 7) is 5.75. The van der Waals surface area contributed by atoms with Gasteiger partial charge in [0.15, 0.2) is 0 Å². The molecule has 29 heavy (non-hydrogen) atoms. The van der Waals surface area contributed by atoms with Crippen molar-refractivity contribution in [2.45, 2.75) is 39.0 Å². The average molecular weight is 407 g/mol. The van der Waals surface area contributed by atoms with Crippen molar-refractivity contribution >= 4 is 18.1 Å². The van der Waals surface area contributed by atoms with Crippen LogP contribution in [0.5, 0.6) is 0 Å². The number of piperazine rings is 1. The van der Waals surface area contributed by atoms with E-state index < -0.39 is 29.7 Å². The van der Waals surface area contributed by atoms with Crippen molar-refractivity contribution in [1.29, 1.82) is 0 Å². The maximum atomic E-state index is 12.7. The van der Waals surface area contributed by atoms with E-state index >= 15 is 0 Å². The molecule has 1 aliphatic rings. The van der Waals surface area contributed by atoms with E-state index in [0.717, 1.165) is 10.6 Å². The SMILES string of the molecule is CON(C)C(=O)[C@H]1CN(C(=O)OC(C)(C)C)CCN1C(=O)OCc1ccccc1. The summed E-state index contributed by atoms with van der Waals surface area (Å²) in [6, 6.07) is 8.32. The molecule has 1 heterocycles. The Hall–Kier alpha value is -2.81. The Bertz CT molecular complexity index is 719. The highest BCUT2D eigenvalue weighted by Gasteiger charge is 2.40. The normalized spacial score (nSPS) is 16.9. The summed E-state index contributed by atoms with van der Waals surface area (Å²) in [6.07, 6.45) is -1.16. The predicted molar refractivity (Wildman–Crippen MR) is 105 cm³/mol. The number of nitrogens with zero attached hydrogens (tertiary/aromatic N) is 3. The van der Waals surface area contributed by atoms with Crippen LogP contribution in [0.25, 0.3) is 0 Å². The minimum Gasteiger partial charge on any atom is -0.445 e. The number of rotatable bonds is 4. The van der Waals surface area contributed by atoms with E-state index in [9.17, 15) is 14.4 Å². The molecule has 1 aliphatic heterocycles. The first-order chi connectivity index (χ1) is 13.6. The highest BCUT2D eigenvalue weighted by molar-refractivity contribution is 5.86. The first-order valence-electron chi connectivity index (χ1n) is 9.39. The zero-order chi connectivity index (χ0) is 21.6. The van der Waals surface area contributed by atoms with E-state index in [1.807, 2.05) is 30.3 Å². The molecule has 9 heteroatoms. The minimum atomic E-state index is -0.940. The molecule has 160 valence electrons. The predicted octanol–water partition coefficient (Wildman–Crippen LogP) is 2.26. The van der Waals surface area contributed by atoms with E-state index in [-0.39, 0.29) is 26.2 Å². The van der Waals surface area contributed by atoms with Crippen molar-refractivity contribution < 1.29 is 28.7 Å². The molecule has 2 rings (SSSR count). The molecule has 0 saturated carbocycles. The molecule has 1 aromatic carbocycles. The molecular weight excluding hydrogens is 378 g/mol. The average Bonchev–Trinajstić information content (AvgIpc) is 2.69. The van der Waals surface area contributed by atoms with Gasteiger partial charge in [-0.2, -0.15) is 0 Å². The number of benzene rings is 1. The zero-order valence-electron chi connectivity index (χ0n) is 17.6. The molecule has 1 saturated heterocycles. The van der Waals surface area contributed by atoms with Crippen molar-refractivity contribution in [2.75, 3.05) is 33.8 Å². The number of hydrogen-bond donors (Lipinski definition) is 0. The monoisotopic (exact) mass is 407 g/mol. The molecule has 0 unspecified atom stereocenters. The molecule has 0 N–H and O–H groups in total. The summed E-state index contributed by atoms with van der Waals surface area (Å²) in [5.74, 6) is -0.461. The maximum Gasteiger partial charge on any atom is 0.410 e. The largest absolute Gasteiger partial charge is 0.445 e. The van der Waals surface area contributed by atoms with Crippen LogP contribution in [0.4, 0.5) is 9.59 Å². The third-order valence-electron chi connectivity index (χ3n) is 4.34. The Balaban J connectivity index is 2.10. The maximum absolute atomic E-state index is 12.7. The van der Waals surface area contributed by atoms with E-state index in [0.29, 0.717) is 0 Å². The van der Waals surface area contributed by atoms with Gasteiger partial charge in [-0.25, -0.2) is 14.7 Å². The third-order valence-corrected chi connectivity index (χ3v) is 4.34. The number of ether oxygens (including phenoxy) is 2. The molecule has 0 aliphatic carbocycles. The van der Waals surface area contributed by atoms with Crippen LogP contribution in [0.3, 0.4) is 0 Å². The van der Waals surface area contributed by atoms with Crippen LogP contribution in [-0.4, -0.2) is 78.4 Å². The Morgan fingerprint density at radius 2 is 1.76 bits per heavy atom. The van der Waals surface area contributed by atoms with Crippen molar-refractivity contribution in [3.63, 3.8) is 0 Å². The molecule has 0 aromatic heterocycles. The minimum absolute atomic E-state index is 0.0120. The lowest BCUT2D eigenvalue weighted by Crippen LogP contribution is -2.62. The Kier molecular flexibility index (Phi) is 7.44. The van der Waals surface area contributed by atoms with Crippen LogP contribution >= 0.6 is 0 Å². The van der Waals surface area contributed by atoms with Gasteiger partial charge in [0, 0.05) is 20.1 Å².